The normalized spacial score (nSPS) is 18.9. The molecule has 0 aliphatic carbocycles. The zero-order chi connectivity index (χ0) is 13.9. The topological polar surface area (TPSA) is 28.2 Å². The van der Waals surface area contributed by atoms with Crippen molar-refractivity contribution in [2.75, 3.05) is 20.1 Å². The summed E-state index contributed by atoms with van der Waals surface area (Å²) in [4.78, 5) is 7.11. The van der Waals surface area contributed by atoms with Crippen molar-refractivity contribution in [3.8, 4) is 10.6 Å². The minimum atomic E-state index is 0.625. The van der Waals surface area contributed by atoms with Gasteiger partial charge in [-0.15, -0.1) is 11.3 Å². The Kier molecular flexibility index (Phi) is 4.36. The molecule has 2 aromatic rings. The minimum Gasteiger partial charge on any atom is -0.315 e. The molecule has 0 radical (unpaired) electrons. The Morgan fingerprint density at radius 1 is 1.45 bits per heavy atom. The van der Waals surface area contributed by atoms with E-state index in [0.29, 0.717) is 6.04 Å². The van der Waals surface area contributed by atoms with Crippen molar-refractivity contribution in [1.82, 2.24) is 15.2 Å². The van der Waals surface area contributed by atoms with Crippen LogP contribution in [0.5, 0.6) is 0 Å². The summed E-state index contributed by atoms with van der Waals surface area (Å²) < 4.78 is 0. The number of aromatic nitrogens is 1. The average molecular weight is 308 g/mol. The molecule has 0 bridgehead atoms. The summed E-state index contributed by atoms with van der Waals surface area (Å²) in [5.41, 5.74) is 2.15. The predicted molar refractivity (Wildman–Crippen MR) is 85.3 cm³/mol. The number of nitrogens with zero attached hydrogens (tertiary/aromatic N) is 2. The lowest BCUT2D eigenvalue weighted by Gasteiger charge is -2.22. The maximum atomic E-state index is 6.23. The lowest BCUT2D eigenvalue weighted by atomic mass is 10.2. The molecule has 1 aromatic heterocycles. The van der Waals surface area contributed by atoms with Gasteiger partial charge in [0.25, 0.3) is 0 Å². The second-order valence-corrected chi connectivity index (χ2v) is 6.45. The molecule has 5 heteroatoms. The van der Waals surface area contributed by atoms with Crippen LogP contribution in [0.15, 0.2) is 29.6 Å². The Labute approximate surface area is 128 Å². The van der Waals surface area contributed by atoms with E-state index in [1.165, 1.54) is 6.42 Å². The van der Waals surface area contributed by atoms with Crippen LogP contribution in [0.3, 0.4) is 0 Å². The van der Waals surface area contributed by atoms with E-state index in [9.17, 15) is 0 Å². The molecule has 1 aliphatic heterocycles. The van der Waals surface area contributed by atoms with Crippen LogP contribution in [0, 0.1) is 0 Å². The fourth-order valence-electron chi connectivity index (χ4n) is 2.54. The highest BCUT2D eigenvalue weighted by Crippen LogP contribution is 2.30. The Morgan fingerprint density at radius 3 is 3.05 bits per heavy atom. The number of hydrogen-bond donors (Lipinski definition) is 1. The van der Waals surface area contributed by atoms with Gasteiger partial charge in [-0.3, -0.25) is 4.90 Å². The molecule has 0 spiro atoms. The van der Waals surface area contributed by atoms with Crippen molar-refractivity contribution in [3.63, 3.8) is 0 Å². The van der Waals surface area contributed by atoms with Crippen LogP contribution in [0.25, 0.3) is 10.6 Å². The third kappa shape index (κ3) is 3.04. The van der Waals surface area contributed by atoms with Gasteiger partial charge >= 0.3 is 0 Å². The third-order valence-corrected chi connectivity index (χ3v) is 4.98. The minimum absolute atomic E-state index is 0.625. The second-order valence-electron chi connectivity index (χ2n) is 5.19. The number of benzene rings is 1. The quantitative estimate of drug-likeness (QED) is 0.940. The highest BCUT2D eigenvalue weighted by Gasteiger charge is 2.20. The molecule has 3 rings (SSSR count). The molecule has 20 heavy (non-hydrogen) atoms. The summed E-state index contributed by atoms with van der Waals surface area (Å²) >= 11 is 7.89. The maximum absolute atomic E-state index is 6.23. The number of likely N-dealkylation sites (N-methyl/N-ethyl adjacent to an activating group) is 1. The monoisotopic (exact) mass is 307 g/mol. The SMILES string of the molecule is CN(Cc1csc(-c2ccccc2Cl)n1)C1CCNC1. The van der Waals surface area contributed by atoms with Crippen LogP contribution in [0.4, 0.5) is 0 Å². The number of rotatable bonds is 4. The molecule has 0 amide bonds. The summed E-state index contributed by atoms with van der Waals surface area (Å²) in [7, 11) is 2.17. The lowest BCUT2D eigenvalue weighted by molar-refractivity contribution is 0.246. The smallest absolute Gasteiger partial charge is 0.125 e. The van der Waals surface area contributed by atoms with Gasteiger partial charge in [0.05, 0.1) is 10.7 Å². The fourth-order valence-corrected chi connectivity index (χ4v) is 3.67. The second kappa shape index (κ2) is 6.22. The van der Waals surface area contributed by atoms with Crippen LogP contribution in [-0.2, 0) is 6.54 Å². The number of thiazole rings is 1. The molecule has 3 nitrogen and oxygen atoms in total. The molecule has 1 unspecified atom stereocenters. The average Bonchev–Trinajstić information content (AvgIpc) is 3.10. The largest absolute Gasteiger partial charge is 0.315 e. The number of halogens is 1. The van der Waals surface area contributed by atoms with Crippen LogP contribution in [0.2, 0.25) is 5.02 Å². The first-order valence-corrected chi connectivity index (χ1v) is 8.10. The zero-order valence-corrected chi connectivity index (χ0v) is 13.0. The van der Waals surface area contributed by atoms with Crippen LogP contribution < -0.4 is 5.32 Å². The summed E-state index contributed by atoms with van der Waals surface area (Å²) in [6.07, 6.45) is 1.22. The van der Waals surface area contributed by atoms with Crippen molar-refractivity contribution in [2.24, 2.45) is 0 Å². The molecule has 1 fully saturated rings. The van der Waals surface area contributed by atoms with E-state index < -0.39 is 0 Å². The molecule has 1 aliphatic rings. The van der Waals surface area contributed by atoms with Gasteiger partial charge in [-0.25, -0.2) is 4.98 Å². The molecule has 1 N–H and O–H groups in total. The van der Waals surface area contributed by atoms with Crippen molar-refractivity contribution in [1.29, 1.82) is 0 Å². The van der Waals surface area contributed by atoms with E-state index in [-0.39, 0.29) is 0 Å². The van der Waals surface area contributed by atoms with Crippen molar-refractivity contribution >= 4 is 22.9 Å². The predicted octanol–water partition coefficient (Wildman–Crippen LogP) is 3.26. The van der Waals surface area contributed by atoms with Gasteiger partial charge in [0.15, 0.2) is 0 Å². The summed E-state index contributed by atoms with van der Waals surface area (Å²) in [6.45, 7) is 3.10. The van der Waals surface area contributed by atoms with Gasteiger partial charge < -0.3 is 5.32 Å². The van der Waals surface area contributed by atoms with Crippen molar-refractivity contribution < 1.29 is 0 Å². The van der Waals surface area contributed by atoms with Gasteiger partial charge in [-0.05, 0) is 26.1 Å². The molecular weight excluding hydrogens is 290 g/mol. The molecule has 1 atom stereocenters. The van der Waals surface area contributed by atoms with E-state index in [1.807, 2.05) is 24.3 Å². The Hall–Kier alpha value is -0.940. The standard InChI is InChI=1S/C15H18ClN3S/c1-19(12-6-7-17-8-12)9-11-10-20-15(18-11)13-4-2-3-5-14(13)16/h2-5,10,12,17H,6-9H2,1H3. The first-order chi connectivity index (χ1) is 9.74. The summed E-state index contributed by atoms with van der Waals surface area (Å²) in [5.74, 6) is 0. The number of hydrogen-bond acceptors (Lipinski definition) is 4. The highest BCUT2D eigenvalue weighted by molar-refractivity contribution is 7.13. The van der Waals surface area contributed by atoms with Crippen LogP contribution in [-0.4, -0.2) is 36.1 Å². The Bertz CT molecular complexity index is 578. The van der Waals surface area contributed by atoms with Gasteiger partial charge in [0, 0.05) is 30.1 Å². The first-order valence-electron chi connectivity index (χ1n) is 6.84. The van der Waals surface area contributed by atoms with Gasteiger partial charge in [-0.1, -0.05) is 29.8 Å². The van der Waals surface area contributed by atoms with E-state index in [0.717, 1.165) is 40.9 Å². The zero-order valence-electron chi connectivity index (χ0n) is 11.5. The molecule has 106 valence electrons. The van der Waals surface area contributed by atoms with E-state index in [1.54, 1.807) is 11.3 Å². The van der Waals surface area contributed by atoms with E-state index in [2.05, 4.69) is 22.6 Å². The molecule has 1 aromatic carbocycles. The Morgan fingerprint density at radius 2 is 2.30 bits per heavy atom. The Balaban J connectivity index is 1.72. The summed E-state index contributed by atoms with van der Waals surface area (Å²) in [5, 5.41) is 7.31. The fraction of sp³-hybridized carbons (Fsp3) is 0.400. The molecular formula is C15H18ClN3S. The third-order valence-electron chi connectivity index (χ3n) is 3.73. The molecule has 0 saturated carbocycles. The van der Waals surface area contributed by atoms with Gasteiger partial charge in [-0.2, -0.15) is 0 Å². The van der Waals surface area contributed by atoms with Crippen LogP contribution in [0.1, 0.15) is 12.1 Å². The van der Waals surface area contributed by atoms with E-state index >= 15 is 0 Å². The highest BCUT2D eigenvalue weighted by atomic mass is 35.5. The van der Waals surface area contributed by atoms with Crippen LogP contribution >= 0.6 is 22.9 Å². The maximum Gasteiger partial charge on any atom is 0.125 e. The molecule has 2 heterocycles. The molecule has 1 saturated heterocycles. The van der Waals surface area contributed by atoms with Gasteiger partial charge in [0.2, 0.25) is 0 Å². The van der Waals surface area contributed by atoms with Crippen molar-refractivity contribution in [2.45, 2.75) is 19.0 Å². The summed E-state index contributed by atoms with van der Waals surface area (Å²) in [6, 6.07) is 8.50. The van der Waals surface area contributed by atoms with Gasteiger partial charge in [0.1, 0.15) is 5.01 Å². The number of nitrogens with one attached hydrogen (secondary N) is 1. The first kappa shape index (κ1) is 14.0. The van der Waals surface area contributed by atoms with E-state index in [4.69, 9.17) is 16.6 Å². The van der Waals surface area contributed by atoms with Crippen molar-refractivity contribution in [3.05, 3.63) is 40.4 Å². The lowest BCUT2D eigenvalue weighted by Crippen LogP contribution is -2.32.